The zero-order valence-electron chi connectivity index (χ0n) is 24.5. The number of benzene rings is 3. The van der Waals surface area contributed by atoms with E-state index in [1.165, 1.54) is 35.5 Å². The van der Waals surface area contributed by atoms with Gasteiger partial charge in [-0.15, -0.1) is 0 Å². The number of rotatable bonds is 9. The smallest absolute Gasteiger partial charge is 0.137 e. The molecule has 1 aliphatic rings. The van der Waals surface area contributed by atoms with Crippen LogP contribution in [0.3, 0.4) is 0 Å². The van der Waals surface area contributed by atoms with Crippen LogP contribution in [0, 0.1) is 34.6 Å². The molecule has 3 aromatic carbocycles. The van der Waals surface area contributed by atoms with Gasteiger partial charge in [-0.05, 0) is 30.7 Å². The zero-order chi connectivity index (χ0) is 31.7. The summed E-state index contributed by atoms with van der Waals surface area (Å²) in [6, 6.07) is 13.8. The van der Waals surface area contributed by atoms with Gasteiger partial charge in [0, 0.05) is 73.6 Å². The molecule has 1 saturated heterocycles. The van der Waals surface area contributed by atoms with Crippen LogP contribution in [0.2, 0.25) is 0 Å². The molecule has 1 N–H and O–H groups in total. The normalized spacial score (nSPS) is 16.5. The van der Waals surface area contributed by atoms with Crippen LogP contribution in [0.1, 0.15) is 29.2 Å². The molecule has 8 nitrogen and oxygen atoms in total. The molecule has 5 aromatic rings. The first-order valence-corrected chi connectivity index (χ1v) is 14.6. The van der Waals surface area contributed by atoms with E-state index in [2.05, 4.69) is 26.0 Å². The molecule has 0 unspecified atom stereocenters. The number of aliphatic hydroxyl groups is 1. The highest BCUT2D eigenvalue weighted by molar-refractivity contribution is 5.88. The van der Waals surface area contributed by atoms with Gasteiger partial charge in [0.25, 0.3) is 0 Å². The van der Waals surface area contributed by atoms with Gasteiger partial charge in [-0.2, -0.15) is 10.4 Å². The van der Waals surface area contributed by atoms with Gasteiger partial charge in [-0.25, -0.2) is 27.2 Å². The summed E-state index contributed by atoms with van der Waals surface area (Å²) >= 11 is 0. The van der Waals surface area contributed by atoms with Gasteiger partial charge in [-0.1, -0.05) is 24.3 Å². The van der Waals surface area contributed by atoms with Crippen LogP contribution in [0.25, 0.3) is 10.9 Å². The molecule has 0 aliphatic carbocycles. The molecule has 2 atom stereocenters. The van der Waals surface area contributed by atoms with Crippen LogP contribution in [-0.4, -0.2) is 66.5 Å². The number of nitrogens with zero attached hydrogens (tertiary/aromatic N) is 7. The molecule has 3 heterocycles. The third-order valence-electron chi connectivity index (χ3n) is 8.76. The molecule has 45 heavy (non-hydrogen) atoms. The minimum Gasteiger partial charge on any atom is -0.381 e. The molecular formula is C33H31F4N7O. The van der Waals surface area contributed by atoms with Gasteiger partial charge in [0.1, 0.15) is 47.6 Å². The lowest BCUT2D eigenvalue weighted by Gasteiger charge is -2.45. The number of piperazine rings is 1. The predicted octanol–water partition coefficient (Wildman–Crippen LogP) is 4.80. The van der Waals surface area contributed by atoms with E-state index in [-0.39, 0.29) is 18.7 Å². The summed E-state index contributed by atoms with van der Waals surface area (Å²) in [5, 5.41) is 26.8. The van der Waals surface area contributed by atoms with Gasteiger partial charge in [0.2, 0.25) is 0 Å². The summed E-state index contributed by atoms with van der Waals surface area (Å²) in [6.07, 6.45) is 4.69. The van der Waals surface area contributed by atoms with E-state index in [4.69, 9.17) is 0 Å². The number of hydrogen-bond acceptors (Lipinski definition) is 6. The van der Waals surface area contributed by atoms with Crippen LogP contribution < -0.4 is 0 Å². The minimum absolute atomic E-state index is 0.0203. The van der Waals surface area contributed by atoms with Gasteiger partial charge < -0.3 is 9.67 Å². The highest BCUT2D eigenvalue weighted by atomic mass is 19.1. The van der Waals surface area contributed by atoms with E-state index >= 15 is 4.39 Å². The summed E-state index contributed by atoms with van der Waals surface area (Å²) in [5.41, 5.74) is 0.663. The topological polar surface area (TPSA) is 86.1 Å². The third-order valence-corrected chi connectivity index (χ3v) is 8.76. The van der Waals surface area contributed by atoms with Crippen LogP contribution >= 0.6 is 0 Å². The standard InChI is InChI=1S/C33H31F4N7O/c1-22(33(45,19-44-21-39-20-40-44)29-8-7-27(35)14-31(29)37)42-11-9-41(10-12-42)16-25-18-43(17-24-5-6-26(34)13-30(24)36)32-23(15-38)3-2-4-28(25)32/h2-8,13-14,18,20-22,45H,9-12,16-17,19H2,1H3/t22-,33-/m1/s1. The van der Waals surface area contributed by atoms with E-state index in [9.17, 15) is 23.5 Å². The summed E-state index contributed by atoms with van der Waals surface area (Å²) < 4.78 is 60.1. The Balaban J connectivity index is 1.22. The summed E-state index contributed by atoms with van der Waals surface area (Å²) in [7, 11) is 0. The number of aromatic nitrogens is 4. The quantitative estimate of drug-likeness (QED) is 0.239. The first kappa shape index (κ1) is 30.5. The molecule has 0 radical (unpaired) electrons. The van der Waals surface area contributed by atoms with Gasteiger partial charge in [0.15, 0.2) is 0 Å². The van der Waals surface area contributed by atoms with Crippen molar-refractivity contribution in [1.29, 1.82) is 5.26 Å². The number of hydrogen-bond donors (Lipinski definition) is 1. The SMILES string of the molecule is C[C@@H](N1CCN(Cc2cn(Cc3ccc(F)cc3F)c3c(C#N)cccc23)CC1)[C@](O)(Cn1cncn1)c1ccc(F)cc1F. The number of para-hydroxylation sites is 1. The molecule has 2 aromatic heterocycles. The molecule has 12 heteroatoms. The molecule has 0 spiro atoms. The Kier molecular flexibility index (Phi) is 8.42. The van der Waals surface area contributed by atoms with Crippen molar-refractivity contribution < 1.29 is 22.7 Å². The second-order valence-corrected chi connectivity index (χ2v) is 11.5. The Morgan fingerprint density at radius 2 is 1.67 bits per heavy atom. The summed E-state index contributed by atoms with van der Waals surface area (Å²) in [6.45, 7) is 4.82. The van der Waals surface area contributed by atoms with Gasteiger partial charge >= 0.3 is 0 Å². The monoisotopic (exact) mass is 617 g/mol. The lowest BCUT2D eigenvalue weighted by Crippen LogP contribution is -2.57. The molecule has 1 aliphatic heterocycles. The van der Waals surface area contributed by atoms with E-state index < -0.39 is 34.9 Å². The van der Waals surface area contributed by atoms with Crippen molar-refractivity contribution in [2.45, 2.75) is 38.2 Å². The first-order valence-electron chi connectivity index (χ1n) is 14.6. The Hall–Kier alpha value is -4.57. The number of halogens is 4. The number of nitriles is 1. The molecule has 0 amide bonds. The Morgan fingerprint density at radius 1 is 0.933 bits per heavy atom. The van der Waals surface area contributed by atoms with Crippen molar-refractivity contribution >= 4 is 10.9 Å². The fraction of sp³-hybridized carbons (Fsp3) is 0.303. The molecule has 0 saturated carbocycles. The fourth-order valence-electron chi connectivity index (χ4n) is 6.30. The highest BCUT2D eigenvalue weighted by Gasteiger charge is 2.42. The van der Waals surface area contributed by atoms with Crippen molar-refractivity contribution in [3.63, 3.8) is 0 Å². The second-order valence-electron chi connectivity index (χ2n) is 11.5. The second kappa shape index (κ2) is 12.4. The molecule has 6 rings (SSSR count). The van der Waals surface area contributed by atoms with E-state index in [0.717, 1.165) is 29.1 Å². The summed E-state index contributed by atoms with van der Waals surface area (Å²) in [5.74, 6) is -2.87. The summed E-state index contributed by atoms with van der Waals surface area (Å²) in [4.78, 5) is 8.26. The van der Waals surface area contributed by atoms with Crippen LogP contribution in [0.15, 0.2) is 73.4 Å². The highest BCUT2D eigenvalue weighted by Crippen LogP contribution is 2.34. The van der Waals surface area contributed by atoms with Gasteiger partial charge in [0.05, 0.1) is 24.2 Å². The van der Waals surface area contributed by atoms with Crippen molar-refractivity contribution in [3.8, 4) is 6.07 Å². The molecule has 0 bridgehead atoms. The Bertz CT molecular complexity index is 1860. The first-order chi connectivity index (χ1) is 21.7. The van der Waals surface area contributed by atoms with E-state index in [0.29, 0.717) is 49.4 Å². The molecule has 232 valence electrons. The van der Waals surface area contributed by atoms with Crippen LogP contribution in [0.5, 0.6) is 0 Å². The lowest BCUT2D eigenvalue weighted by atomic mass is 9.85. The maximum atomic E-state index is 15.0. The average molecular weight is 618 g/mol. The average Bonchev–Trinajstić information content (AvgIpc) is 3.66. The van der Waals surface area contributed by atoms with Crippen molar-refractivity contribution in [3.05, 3.63) is 119 Å². The number of fused-ring (bicyclic) bond motifs is 1. The minimum atomic E-state index is -1.73. The van der Waals surface area contributed by atoms with E-state index in [1.54, 1.807) is 6.07 Å². The maximum absolute atomic E-state index is 15.0. The Labute approximate surface area is 257 Å². The van der Waals surface area contributed by atoms with Crippen molar-refractivity contribution in [1.82, 2.24) is 29.1 Å². The largest absolute Gasteiger partial charge is 0.381 e. The maximum Gasteiger partial charge on any atom is 0.137 e. The Morgan fingerprint density at radius 3 is 2.33 bits per heavy atom. The lowest BCUT2D eigenvalue weighted by molar-refractivity contribution is -0.0743. The third kappa shape index (κ3) is 6.07. The van der Waals surface area contributed by atoms with Crippen molar-refractivity contribution in [2.24, 2.45) is 0 Å². The zero-order valence-corrected chi connectivity index (χ0v) is 24.5. The predicted molar refractivity (Wildman–Crippen MR) is 159 cm³/mol. The molecular weight excluding hydrogens is 586 g/mol. The van der Waals surface area contributed by atoms with Crippen LogP contribution in [-0.2, 0) is 25.2 Å². The van der Waals surface area contributed by atoms with Crippen molar-refractivity contribution in [2.75, 3.05) is 26.2 Å². The van der Waals surface area contributed by atoms with Crippen LogP contribution in [0.4, 0.5) is 17.6 Å². The van der Waals surface area contributed by atoms with E-state index in [1.807, 2.05) is 29.8 Å². The fourth-order valence-corrected chi connectivity index (χ4v) is 6.30. The van der Waals surface area contributed by atoms with Gasteiger partial charge in [-0.3, -0.25) is 9.80 Å². The molecule has 1 fully saturated rings.